The SMILES string of the molecule is O=C(O)c1cc(-c2ccc(F)cc2)nn1-c1ccc([N+](=O)[O-])cc1. The topological polar surface area (TPSA) is 98.3 Å². The molecule has 0 bridgehead atoms. The molecule has 0 amide bonds. The summed E-state index contributed by atoms with van der Waals surface area (Å²) in [6, 6.07) is 12.2. The number of nitro benzene ring substituents is 1. The molecule has 0 radical (unpaired) electrons. The van der Waals surface area contributed by atoms with Crippen LogP contribution >= 0.6 is 0 Å². The van der Waals surface area contributed by atoms with Crippen molar-refractivity contribution >= 4 is 11.7 Å². The van der Waals surface area contributed by atoms with Gasteiger partial charge in [0.2, 0.25) is 0 Å². The maximum absolute atomic E-state index is 13.0. The van der Waals surface area contributed by atoms with E-state index in [1.165, 1.54) is 59.3 Å². The molecule has 0 aliphatic carbocycles. The lowest BCUT2D eigenvalue weighted by atomic mass is 10.1. The average molecular weight is 327 g/mol. The monoisotopic (exact) mass is 327 g/mol. The quantitative estimate of drug-likeness (QED) is 0.585. The van der Waals surface area contributed by atoms with Gasteiger partial charge in [0.05, 0.1) is 16.3 Å². The normalized spacial score (nSPS) is 10.5. The summed E-state index contributed by atoms with van der Waals surface area (Å²) in [7, 11) is 0. The van der Waals surface area contributed by atoms with Crippen molar-refractivity contribution in [3.05, 3.63) is 76.2 Å². The Morgan fingerprint density at radius 2 is 1.75 bits per heavy atom. The van der Waals surface area contributed by atoms with Gasteiger partial charge in [-0.2, -0.15) is 5.10 Å². The van der Waals surface area contributed by atoms with E-state index >= 15 is 0 Å². The fourth-order valence-electron chi connectivity index (χ4n) is 2.21. The zero-order valence-corrected chi connectivity index (χ0v) is 12.1. The van der Waals surface area contributed by atoms with E-state index in [0.29, 0.717) is 16.9 Å². The van der Waals surface area contributed by atoms with Gasteiger partial charge >= 0.3 is 5.97 Å². The Morgan fingerprint density at radius 3 is 2.29 bits per heavy atom. The van der Waals surface area contributed by atoms with Crippen LogP contribution in [0.1, 0.15) is 10.5 Å². The maximum Gasteiger partial charge on any atom is 0.354 e. The summed E-state index contributed by atoms with van der Waals surface area (Å²) in [6.45, 7) is 0. The van der Waals surface area contributed by atoms with Gasteiger partial charge in [-0.05, 0) is 42.5 Å². The molecule has 24 heavy (non-hydrogen) atoms. The minimum Gasteiger partial charge on any atom is -0.477 e. The molecule has 0 saturated heterocycles. The minimum atomic E-state index is -1.20. The highest BCUT2D eigenvalue weighted by Crippen LogP contribution is 2.23. The maximum atomic E-state index is 13.0. The van der Waals surface area contributed by atoms with Crippen LogP contribution in [0.4, 0.5) is 10.1 Å². The van der Waals surface area contributed by atoms with E-state index in [9.17, 15) is 24.4 Å². The van der Waals surface area contributed by atoms with E-state index in [4.69, 9.17) is 0 Å². The first-order valence-electron chi connectivity index (χ1n) is 6.80. The van der Waals surface area contributed by atoms with Crippen molar-refractivity contribution in [1.82, 2.24) is 9.78 Å². The third-order valence-electron chi connectivity index (χ3n) is 3.37. The lowest BCUT2D eigenvalue weighted by Gasteiger charge is -2.03. The van der Waals surface area contributed by atoms with Gasteiger partial charge in [-0.15, -0.1) is 0 Å². The van der Waals surface area contributed by atoms with Crippen molar-refractivity contribution in [3.8, 4) is 16.9 Å². The summed E-state index contributed by atoms with van der Waals surface area (Å²) in [5, 5.41) is 24.3. The molecule has 0 saturated carbocycles. The number of carbonyl (C=O) groups is 1. The lowest BCUT2D eigenvalue weighted by molar-refractivity contribution is -0.384. The Hall–Kier alpha value is -3.55. The van der Waals surface area contributed by atoms with E-state index < -0.39 is 16.7 Å². The van der Waals surface area contributed by atoms with Crippen LogP contribution in [0.2, 0.25) is 0 Å². The van der Waals surface area contributed by atoms with Crippen LogP contribution in [0.15, 0.2) is 54.6 Å². The van der Waals surface area contributed by atoms with Crippen LogP contribution in [-0.2, 0) is 0 Å². The first kappa shape index (κ1) is 15.3. The molecule has 0 atom stereocenters. The van der Waals surface area contributed by atoms with Crippen LogP contribution in [0.25, 0.3) is 16.9 Å². The molecule has 1 heterocycles. The molecule has 0 aliphatic rings. The highest BCUT2D eigenvalue weighted by atomic mass is 19.1. The molecule has 1 aromatic heterocycles. The molecule has 0 aliphatic heterocycles. The van der Waals surface area contributed by atoms with Gasteiger partial charge in [0, 0.05) is 17.7 Å². The molecule has 7 nitrogen and oxygen atoms in total. The molecule has 1 N–H and O–H groups in total. The summed E-state index contributed by atoms with van der Waals surface area (Å²) in [6.07, 6.45) is 0. The Kier molecular flexibility index (Phi) is 3.78. The van der Waals surface area contributed by atoms with Gasteiger partial charge in [-0.25, -0.2) is 13.9 Å². The van der Waals surface area contributed by atoms with Gasteiger partial charge in [-0.3, -0.25) is 10.1 Å². The molecule has 0 fully saturated rings. The number of halogens is 1. The number of aromatic carboxylic acids is 1. The predicted molar refractivity (Wildman–Crippen MR) is 82.6 cm³/mol. The summed E-state index contributed by atoms with van der Waals surface area (Å²) in [4.78, 5) is 21.6. The van der Waals surface area contributed by atoms with E-state index in [0.717, 1.165) is 0 Å². The summed E-state index contributed by atoms with van der Waals surface area (Å²) in [5.74, 6) is -1.61. The molecule has 3 rings (SSSR count). The fourth-order valence-corrected chi connectivity index (χ4v) is 2.21. The van der Waals surface area contributed by atoms with Crippen molar-refractivity contribution in [2.75, 3.05) is 0 Å². The van der Waals surface area contributed by atoms with E-state index in [1.54, 1.807) is 0 Å². The van der Waals surface area contributed by atoms with Crippen LogP contribution in [0.3, 0.4) is 0 Å². The van der Waals surface area contributed by atoms with Crippen molar-refractivity contribution in [3.63, 3.8) is 0 Å². The molecule has 2 aromatic carbocycles. The summed E-state index contributed by atoms with van der Waals surface area (Å²) < 4.78 is 14.2. The van der Waals surface area contributed by atoms with Crippen LogP contribution < -0.4 is 0 Å². The Labute approximate surface area is 134 Å². The largest absolute Gasteiger partial charge is 0.477 e. The minimum absolute atomic E-state index is 0.108. The zero-order valence-electron chi connectivity index (χ0n) is 12.1. The number of nitrogens with zero attached hydrogens (tertiary/aromatic N) is 3. The molecule has 3 aromatic rings. The number of carboxylic acid groups (broad SMARTS) is 1. The van der Waals surface area contributed by atoms with Crippen molar-refractivity contribution in [2.24, 2.45) is 0 Å². The van der Waals surface area contributed by atoms with Crippen LogP contribution in [0, 0.1) is 15.9 Å². The van der Waals surface area contributed by atoms with Crippen LogP contribution in [-0.4, -0.2) is 25.8 Å². The fraction of sp³-hybridized carbons (Fsp3) is 0. The molecule has 8 heteroatoms. The highest BCUT2D eigenvalue weighted by molar-refractivity contribution is 5.88. The van der Waals surface area contributed by atoms with Gasteiger partial charge in [0.15, 0.2) is 5.69 Å². The number of aromatic nitrogens is 2. The Morgan fingerprint density at radius 1 is 1.12 bits per heavy atom. The molecular weight excluding hydrogens is 317 g/mol. The second-order valence-corrected chi connectivity index (χ2v) is 4.91. The number of hydrogen-bond acceptors (Lipinski definition) is 4. The predicted octanol–water partition coefficient (Wildman–Crippen LogP) is 3.28. The Balaban J connectivity index is 2.08. The van der Waals surface area contributed by atoms with Crippen molar-refractivity contribution < 1.29 is 19.2 Å². The number of carboxylic acids is 1. The lowest BCUT2D eigenvalue weighted by Crippen LogP contribution is -2.07. The standard InChI is InChI=1S/C16H10FN3O4/c17-11-3-1-10(2-4-11)14-9-15(16(21)22)19(18-14)12-5-7-13(8-6-12)20(23)24/h1-9H,(H,21,22). The van der Waals surface area contributed by atoms with Gasteiger partial charge < -0.3 is 5.11 Å². The van der Waals surface area contributed by atoms with Crippen LogP contribution in [0.5, 0.6) is 0 Å². The smallest absolute Gasteiger partial charge is 0.354 e. The van der Waals surface area contributed by atoms with Crippen molar-refractivity contribution in [1.29, 1.82) is 0 Å². The third kappa shape index (κ3) is 2.84. The van der Waals surface area contributed by atoms with E-state index in [1.807, 2.05) is 0 Å². The highest BCUT2D eigenvalue weighted by Gasteiger charge is 2.17. The number of benzene rings is 2. The Bertz CT molecular complexity index is 918. The first-order chi connectivity index (χ1) is 11.5. The number of nitro groups is 1. The molecular formula is C16H10FN3O4. The number of non-ortho nitro benzene ring substituents is 1. The van der Waals surface area contributed by atoms with Gasteiger partial charge in [-0.1, -0.05) is 0 Å². The van der Waals surface area contributed by atoms with Gasteiger partial charge in [0.25, 0.3) is 5.69 Å². The first-order valence-corrected chi connectivity index (χ1v) is 6.80. The molecule has 120 valence electrons. The van der Waals surface area contributed by atoms with E-state index in [-0.39, 0.29) is 11.4 Å². The second-order valence-electron chi connectivity index (χ2n) is 4.91. The molecule has 0 spiro atoms. The average Bonchev–Trinajstić information content (AvgIpc) is 3.01. The zero-order chi connectivity index (χ0) is 17.3. The second kappa shape index (κ2) is 5.92. The van der Waals surface area contributed by atoms with Gasteiger partial charge in [0.1, 0.15) is 5.82 Å². The number of hydrogen-bond donors (Lipinski definition) is 1. The molecule has 0 unspecified atom stereocenters. The summed E-state index contributed by atoms with van der Waals surface area (Å²) in [5.41, 5.74) is 1.06. The van der Waals surface area contributed by atoms with E-state index in [2.05, 4.69) is 5.10 Å². The van der Waals surface area contributed by atoms with Crippen molar-refractivity contribution in [2.45, 2.75) is 0 Å². The third-order valence-corrected chi connectivity index (χ3v) is 3.37. The summed E-state index contributed by atoms with van der Waals surface area (Å²) >= 11 is 0. The number of rotatable bonds is 4.